The number of aromatic carboxylic acids is 1. The van der Waals surface area contributed by atoms with Crippen LogP contribution < -0.4 is 61.2 Å². The molecule has 2 aromatic rings. The Balaban J connectivity index is 0.00000242. The summed E-state index contributed by atoms with van der Waals surface area (Å²) in [5, 5.41) is 11.2. The molecule has 2 rings (SSSR count). The molecule has 0 aromatic heterocycles. The number of rotatable bonds is 4. The van der Waals surface area contributed by atoms with Crippen LogP contribution in [0.3, 0.4) is 0 Å². The molecule has 0 bridgehead atoms. The van der Waals surface area contributed by atoms with Crippen LogP contribution in [0.1, 0.15) is 10.4 Å². The number of carbonyl (C=O) groups is 1. The molecule has 2 aromatic carbocycles. The fraction of sp³-hybridized carbons (Fsp3) is 0. The van der Waals surface area contributed by atoms with E-state index in [4.69, 9.17) is 23.2 Å². The maximum absolute atomic E-state index is 12.2. The van der Waals surface area contributed by atoms with Gasteiger partial charge >= 0.3 is 51.4 Å². The summed E-state index contributed by atoms with van der Waals surface area (Å²) in [5.41, 5.74) is -0.0972. The first-order valence-electron chi connectivity index (χ1n) is 5.59. The molecular weight excluding hydrogens is 376 g/mol. The first-order chi connectivity index (χ1) is 9.79. The van der Waals surface area contributed by atoms with Crippen molar-refractivity contribution in [3.05, 3.63) is 58.1 Å². The van der Waals surface area contributed by atoms with E-state index in [2.05, 4.69) is 4.72 Å². The normalized spacial score (nSPS) is 10.6. The summed E-state index contributed by atoms with van der Waals surface area (Å²) in [7, 11) is -3.94. The maximum atomic E-state index is 12.2. The van der Waals surface area contributed by atoms with Gasteiger partial charge in [0.05, 0.1) is 10.9 Å². The van der Waals surface area contributed by atoms with Crippen molar-refractivity contribution >= 4 is 44.9 Å². The first kappa shape index (κ1) is 19.9. The van der Waals surface area contributed by atoms with Gasteiger partial charge in [-0.25, -0.2) is 8.42 Å². The van der Waals surface area contributed by atoms with Gasteiger partial charge in [0, 0.05) is 21.3 Å². The molecule has 0 atom stereocenters. The van der Waals surface area contributed by atoms with Crippen LogP contribution in [0.25, 0.3) is 0 Å². The van der Waals surface area contributed by atoms with Crippen molar-refractivity contribution in [1.82, 2.24) is 0 Å². The molecule has 1 N–H and O–H groups in total. The predicted octanol–water partition coefficient (Wildman–Crippen LogP) is -0.838. The van der Waals surface area contributed by atoms with E-state index in [9.17, 15) is 18.3 Å². The summed E-state index contributed by atoms with van der Waals surface area (Å²) in [6, 6.07) is 9.33. The van der Waals surface area contributed by atoms with E-state index in [0.717, 1.165) is 6.07 Å². The first-order valence-corrected chi connectivity index (χ1v) is 7.83. The molecule has 0 amide bonds. The second-order valence-electron chi connectivity index (χ2n) is 4.04. The van der Waals surface area contributed by atoms with Crippen LogP contribution in [0, 0.1) is 0 Å². The number of benzene rings is 2. The van der Waals surface area contributed by atoms with E-state index in [1.807, 2.05) is 0 Å². The zero-order valence-corrected chi connectivity index (χ0v) is 16.8. The minimum atomic E-state index is -3.94. The Morgan fingerprint density at radius 2 is 1.64 bits per heavy atom. The van der Waals surface area contributed by atoms with Crippen molar-refractivity contribution in [1.29, 1.82) is 0 Å². The number of halogens is 2. The average molecular weight is 384 g/mol. The third-order valence-corrected chi connectivity index (χ3v) is 4.53. The number of nitrogens with one attached hydrogen (secondary N) is 1. The van der Waals surface area contributed by atoms with Gasteiger partial charge in [0.1, 0.15) is 0 Å². The second kappa shape index (κ2) is 8.12. The van der Waals surface area contributed by atoms with Crippen molar-refractivity contribution < 1.29 is 69.7 Å². The second-order valence-corrected chi connectivity index (χ2v) is 6.57. The molecule has 0 aliphatic heterocycles. The topological polar surface area (TPSA) is 86.3 Å². The Morgan fingerprint density at radius 1 is 1.05 bits per heavy atom. The minimum Gasteiger partial charge on any atom is -0.545 e. The average Bonchev–Trinajstić information content (AvgIpc) is 2.41. The molecule has 0 spiro atoms. The maximum Gasteiger partial charge on any atom is 1.00 e. The number of sulfonamides is 1. The van der Waals surface area contributed by atoms with Crippen LogP contribution in [-0.4, -0.2) is 14.4 Å². The van der Waals surface area contributed by atoms with E-state index >= 15 is 0 Å². The van der Waals surface area contributed by atoms with Gasteiger partial charge in [0.25, 0.3) is 10.0 Å². The molecule has 0 saturated heterocycles. The smallest absolute Gasteiger partial charge is 0.545 e. The van der Waals surface area contributed by atoms with Gasteiger partial charge in [0.15, 0.2) is 0 Å². The Kier molecular flexibility index (Phi) is 7.35. The van der Waals surface area contributed by atoms with Crippen molar-refractivity contribution in [3.63, 3.8) is 0 Å². The molecule has 22 heavy (non-hydrogen) atoms. The van der Waals surface area contributed by atoms with E-state index in [1.54, 1.807) is 0 Å². The number of carbonyl (C=O) groups excluding carboxylic acids is 1. The molecule has 5 nitrogen and oxygen atoms in total. The minimum absolute atomic E-state index is 0. The summed E-state index contributed by atoms with van der Waals surface area (Å²) in [6.07, 6.45) is 0. The van der Waals surface area contributed by atoms with Crippen molar-refractivity contribution in [2.45, 2.75) is 4.90 Å². The van der Waals surface area contributed by atoms with Crippen LogP contribution in [0.5, 0.6) is 0 Å². The summed E-state index contributed by atoms with van der Waals surface area (Å²) >= 11 is 11.4. The largest absolute Gasteiger partial charge is 1.00 e. The SMILES string of the molecule is O=C([O-])c1cc(S(=O)(=O)Nc2ccc(Cl)cc2)ccc1Cl.[K+]. The fourth-order valence-electron chi connectivity index (χ4n) is 1.56. The number of anilines is 1. The molecule has 0 saturated carbocycles. The number of carboxylic acids is 1. The molecule has 9 heteroatoms. The summed E-state index contributed by atoms with van der Waals surface area (Å²) in [6.45, 7) is 0. The van der Waals surface area contributed by atoms with Gasteiger partial charge in [-0.15, -0.1) is 0 Å². The summed E-state index contributed by atoms with van der Waals surface area (Å²) < 4.78 is 26.6. The number of carboxylic acid groups (broad SMARTS) is 1. The molecular formula is C13H8Cl2KNO4S. The Morgan fingerprint density at radius 3 is 2.18 bits per heavy atom. The standard InChI is InChI=1S/C13H9Cl2NO4S.K/c14-8-1-3-9(4-2-8)16-21(19,20)10-5-6-12(15)11(7-10)13(17)18;/h1-7,16H,(H,17,18);/q;+1/p-1. The fourth-order valence-corrected chi connectivity index (χ4v) is 2.97. The Bertz CT molecular complexity index is 794. The molecule has 110 valence electrons. The van der Waals surface area contributed by atoms with Gasteiger partial charge in [-0.1, -0.05) is 23.2 Å². The van der Waals surface area contributed by atoms with Crippen LogP contribution in [0.15, 0.2) is 47.4 Å². The monoisotopic (exact) mass is 383 g/mol. The number of hydrogen-bond acceptors (Lipinski definition) is 4. The molecule has 0 heterocycles. The summed E-state index contributed by atoms with van der Waals surface area (Å²) in [5.74, 6) is -1.55. The molecule has 0 fully saturated rings. The third-order valence-electron chi connectivity index (χ3n) is 2.56. The van der Waals surface area contributed by atoms with Gasteiger partial charge in [0.2, 0.25) is 0 Å². The summed E-state index contributed by atoms with van der Waals surface area (Å²) in [4.78, 5) is 10.6. The number of hydrogen-bond donors (Lipinski definition) is 1. The van der Waals surface area contributed by atoms with E-state index in [0.29, 0.717) is 10.7 Å². The van der Waals surface area contributed by atoms with Crippen LogP contribution in [-0.2, 0) is 10.0 Å². The van der Waals surface area contributed by atoms with Crippen LogP contribution >= 0.6 is 23.2 Å². The Labute approximate surface area is 180 Å². The zero-order chi connectivity index (χ0) is 15.6. The van der Waals surface area contributed by atoms with Gasteiger partial charge < -0.3 is 9.90 Å². The third kappa shape index (κ3) is 4.94. The van der Waals surface area contributed by atoms with E-state index in [1.165, 1.54) is 36.4 Å². The quantitative estimate of drug-likeness (QED) is 0.697. The van der Waals surface area contributed by atoms with E-state index < -0.39 is 21.6 Å². The van der Waals surface area contributed by atoms with E-state index in [-0.39, 0.29) is 61.3 Å². The van der Waals surface area contributed by atoms with Gasteiger partial charge in [-0.05, 0) is 42.5 Å². The van der Waals surface area contributed by atoms with Crippen LogP contribution in [0.2, 0.25) is 10.0 Å². The van der Waals surface area contributed by atoms with Crippen LogP contribution in [0.4, 0.5) is 5.69 Å². The van der Waals surface area contributed by atoms with Gasteiger partial charge in [-0.2, -0.15) is 0 Å². The zero-order valence-electron chi connectivity index (χ0n) is 11.3. The molecule has 0 radical (unpaired) electrons. The molecule has 0 unspecified atom stereocenters. The van der Waals surface area contributed by atoms with Gasteiger partial charge in [-0.3, -0.25) is 4.72 Å². The van der Waals surface area contributed by atoms with Crippen molar-refractivity contribution in [2.75, 3.05) is 4.72 Å². The predicted molar refractivity (Wildman–Crippen MR) is 78.0 cm³/mol. The van der Waals surface area contributed by atoms with Crippen molar-refractivity contribution in [3.8, 4) is 0 Å². The Hall–Kier alpha value is -0.124. The molecule has 0 aliphatic carbocycles. The van der Waals surface area contributed by atoms with Crippen molar-refractivity contribution in [2.24, 2.45) is 0 Å². The molecule has 0 aliphatic rings.